The Hall–Kier alpha value is -2.63. The van der Waals surface area contributed by atoms with E-state index < -0.39 is 5.41 Å². The molecule has 0 aliphatic carbocycles. The number of rotatable bonds is 5. The summed E-state index contributed by atoms with van der Waals surface area (Å²) in [5.41, 5.74) is 0.000638. The van der Waals surface area contributed by atoms with Crippen LogP contribution in [0.15, 0.2) is 47.1 Å². The molecule has 1 saturated heterocycles. The number of piperidine rings is 1. The average Bonchev–Trinajstić information content (AvgIpc) is 3.18. The predicted molar refractivity (Wildman–Crippen MR) is 93.0 cm³/mol. The highest BCUT2D eigenvalue weighted by Crippen LogP contribution is 2.36. The van der Waals surface area contributed by atoms with Gasteiger partial charge in [-0.2, -0.15) is 0 Å². The molecule has 1 atom stereocenters. The van der Waals surface area contributed by atoms with E-state index in [0.717, 1.165) is 5.56 Å². The minimum absolute atomic E-state index is 0.234. The maximum absolute atomic E-state index is 13.2. The monoisotopic (exact) mass is 359 g/mol. The number of esters is 1. The number of halogens is 1. The molecule has 3 rings (SSSR count). The van der Waals surface area contributed by atoms with Gasteiger partial charge in [0.25, 0.3) is 5.91 Å². The van der Waals surface area contributed by atoms with Crippen molar-refractivity contribution in [3.63, 3.8) is 0 Å². The lowest BCUT2D eigenvalue weighted by Crippen LogP contribution is -2.51. The van der Waals surface area contributed by atoms with Crippen molar-refractivity contribution >= 4 is 11.9 Å². The first-order valence-electron chi connectivity index (χ1n) is 8.78. The third-order valence-electron chi connectivity index (χ3n) is 4.76. The summed E-state index contributed by atoms with van der Waals surface area (Å²) >= 11 is 0. The molecule has 2 heterocycles. The van der Waals surface area contributed by atoms with E-state index in [0.29, 0.717) is 25.8 Å². The zero-order valence-corrected chi connectivity index (χ0v) is 14.7. The van der Waals surface area contributed by atoms with E-state index in [1.807, 2.05) is 0 Å². The van der Waals surface area contributed by atoms with Gasteiger partial charge in [0, 0.05) is 13.1 Å². The van der Waals surface area contributed by atoms with Crippen LogP contribution in [-0.2, 0) is 16.0 Å². The largest absolute Gasteiger partial charge is 0.466 e. The molecule has 0 radical (unpaired) electrons. The number of hydrogen-bond donors (Lipinski definition) is 0. The van der Waals surface area contributed by atoms with Crippen molar-refractivity contribution in [2.45, 2.75) is 26.2 Å². The van der Waals surface area contributed by atoms with Gasteiger partial charge in [0.15, 0.2) is 5.76 Å². The lowest BCUT2D eigenvalue weighted by molar-refractivity contribution is -0.158. The first-order chi connectivity index (χ1) is 12.5. The van der Waals surface area contributed by atoms with Crippen LogP contribution in [0.5, 0.6) is 0 Å². The van der Waals surface area contributed by atoms with Gasteiger partial charge in [-0.3, -0.25) is 9.59 Å². The van der Waals surface area contributed by atoms with Gasteiger partial charge in [-0.15, -0.1) is 0 Å². The number of benzene rings is 1. The smallest absolute Gasteiger partial charge is 0.314 e. The first-order valence-corrected chi connectivity index (χ1v) is 8.78. The van der Waals surface area contributed by atoms with Crippen molar-refractivity contribution in [1.29, 1.82) is 0 Å². The van der Waals surface area contributed by atoms with E-state index in [4.69, 9.17) is 9.15 Å². The quantitative estimate of drug-likeness (QED) is 0.767. The molecule has 1 aliphatic rings. The summed E-state index contributed by atoms with van der Waals surface area (Å²) in [5.74, 6) is -0.618. The molecule has 26 heavy (non-hydrogen) atoms. The van der Waals surface area contributed by atoms with Gasteiger partial charge in [0.2, 0.25) is 0 Å². The number of nitrogens with zero attached hydrogens (tertiary/aromatic N) is 1. The Kier molecular flexibility index (Phi) is 5.40. The predicted octanol–water partition coefficient (Wildman–Crippen LogP) is 3.45. The van der Waals surface area contributed by atoms with Crippen molar-refractivity contribution in [1.82, 2.24) is 4.90 Å². The summed E-state index contributed by atoms with van der Waals surface area (Å²) < 4.78 is 23.7. The molecule has 1 fully saturated rings. The standard InChI is InChI=1S/C20H22FNO4/c1-2-25-19(24)20(13-15-6-8-16(21)9-7-15)10-4-11-22(14-20)18(23)17-5-3-12-26-17/h3,5-9,12H,2,4,10-11,13-14H2,1H3/t20-/m0/s1. The molecule has 2 aromatic rings. The molecule has 138 valence electrons. The second-order valence-corrected chi connectivity index (χ2v) is 6.61. The van der Waals surface area contributed by atoms with Crippen LogP contribution in [0.2, 0.25) is 0 Å². The third-order valence-corrected chi connectivity index (χ3v) is 4.76. The zero-order valence-electron chi connectivity index (χ0n) is 14.7. The van der Waals surface area contributed by atoms with Crippen LogP contribution < -0.4 is 0 Å². The van der Waals surface area contributed by atoms with Crippen LogP contribution in [0, 0.1) is 11.2 Å². The summed E-state index contributed by atoms with van der Waals surface area (Å²) in [7, 11) is 0. The van der Waals surface area contributed by atoms with Gasteiger partial charge in [-0.1, -0.05) is 12.1 Å². The van der Waals surface area contributed by atoms with E-state index >= 15 is 0 Å². The fourth-order valence-corrected chi connectivity index (χ4v) is 3.52. The van der Waals surface area contributed by atoms with E-state index in [1.165, 1.54) is 18.4 Å². The van der Waals surface area contributed by atoms with E-state index in [1.54, 1.807) is 36.1 Å². The number of hydrogen-bond acceptors (Lipinski definition) is 4. The minimum atomic E-state index is -0.839. The molecule has 1 aromatic carbocycles. The maximum atomic E-state index is 13.2. The molecular weight excluding hydrogens is 337 g/mol. The molecule has 5 nitrogen and oxygen atoms in total. The highest BCUT2D eigenvalue weighted by molar-refractivity contribution is 5.92. The second kappa shape index (κ2) is 7.72. The first kappa shape index (κ1) is 18.2. The number of furan rings is 1. The highest BCUT2D eigenvalue weighted by Gasteiger charge is 2.45. The maximum Gasteiger partial charge on any atom is 0.314 e. The number of ether oxygens (including phenoxy) is 1. The lowest BCUT2D eigenvalue weighted by atomic mass is 9.75. The van der Waals surface area contributed by atoms with Crippen LogP contribution in [0.25, 0.3) is 0 Å². The van der Waals surface area contributed by atoms with Crippen LogP contribution in [0.1, 0.15) is 35.9 Å². The molecule has 1 aliphatic heterocycles. The van der Waals surface area contributed by atoms with Gasteiger partial charge in [0.1, 0.15) is 5.82 Å². The summed E-state index contributed by atoms with van der Waals surface area (Å²) in [6, 6.07) is 9.37. The molecule has 0 unspecified atom stereocenters. The van der Waals surface area contributed by atoms with Crippen molar-refractivity contribution < 1.29 is 23.1 Å². The number of carbonyl (C=O) groups is 2. The molecule has 0 bridgehead atoms. The molecule has 0 spiro atoms. The van der Waals surface area contributed by atoms with Gasteiger partial charge >= 0.3 is 5.97 Å². The SMILES string of the molecule is CCOC(=O)[C@]1(Cc2ccc(F)cc2)CCCN(C(=O)c2ccco2)C1. The van der Waals surface area contributed by atoms with Gasteiger partial charge in [-0.05, 0) is 56.0 Å². The Morgan fingerprint density at radius 1 is 1.27 bits per heavy atom. The van der Waals surface area contributed by atoms with Crippen molar-refractivity contribution in [3.8, 4) is 0 Å². The Morgan fingerprint density at radius 2 is 2.04 bits per heavy atom. The minimum Gasteiger partial charge on any atom is -0.466 e. The van der Waals surface area contributed by atoms with Crippen molar-refractivity contribution in [2.24, 2.45) is 5.41 Å². The second-order valence-electron chi connectivity index (χ2n) is 6.61. The number of amides is 1. The highest BCUT2D eigenvalue weighted by atomic mass is 19.1. The van der Waals surface area contributed by atoms with E-state index in [-0.39, 0.29) is 36.6 Å². The Labute approximate surface area is 151 Å². The van der Waals surface area contributed by atoms with Crippen molar-refractivity contribution in [2.75, 3.05) is 19.7 Å². The van der Waals surface area contributed by atoms with Gasteiger partial charge < -0.3 is 14.1 Å². The molecule has 0 saturated carbocycles. The topological polar surface area (TPSA) is 59.8 Å². The lowest BCUT2D eigenvalue weighted by Gasteiger charge is -2.40. The summed E-state index contributed by atoms with van der Waals surface area (Å²) in [6.07, 6.45) is 3.15. The van der Waals surface area contributed by atoms with Crippen molar-refractivity contribution in [3.05, 3.63) is 59.8 Å². The third kappa shape index (κ3) is 3.79. The van der Waals surface area contributed by atoms with Crippen LogP contribution in [0.4, 0.5) is 4.39 Å². The fourth-order valence-electron chi connectivity index (χ4n) is 3.52. The molecule has 1 aromatic heterocycles. The Balaban J connectivity index is 1.86. The average molecular weight is 359 g/mol. The molecule has 0 N–H and O–H groups in total. The van der Waals surface area contributed by atoms with Crippen LogP contribution >= 0.6 is 0 Å². The summed E-state index contributed by atoms with van der Waals surface area (Å²) in [4.78, 5) is 27.1. The summed E-state index contributed by atoms with van der Waals surface area (Å²) in [5, 5.41) is 0. The number of likely N-dealkylation sites (tertiary alicyclic amines) is 1. The van der Waals surface area contributed by atoms with Crippen LogP contribution in [-0.4, -0.2) is 36.5 Å². The Bertz CT molecular complexity index is 757. The number of carbonyl (C=O) groups excluding carboxylic acids is 2. The zero-order chi connectivity index (χ0) is 18.6. The fraction of sp³-hybridized carbons (Fsp3) is 0.400. The van der Waals surface area contributed by atoms with Gasteiger partial charge in [-0.25, -0.2) is 4.39 Å². The molecule has 6 heteroatoms. The normalized spacial score (nSPS) is 20.0. The molecular formula is C20H22FNO4. The van der Waals surface area contributed by atoms with Gasteiger partial charge in [0.05, 0.1) is 18.3 Å². The summed E-state index contributed by atoms with van der Waals surface area (Å²) in [6.45, 7) is 2.85. The van der Waals surface area contributed by atoms with Crippen LogP contribution in [0.3, 0.4) is 0 Å². The Morgan fingerprint density at radius 3 is 2.69 bits per heavy atom. The van der Waals surface area contributed by atoms with E-state index in [9.17, 15) is 14.0 Å². The molecule has 1 amide bonds. The van der Waals surface area contributed by atoms with E-state index in [2.05, 4.69) is 0 Å².